The van der Waals surface area contributed by atoms with Crippen LogP contribution in [0.15, 0.2) is 77.7 Å². The molecule has 0 spiro atoms. The van der Waals surface area contributed by atoms with E-state index in [2.05, 4.69) is 0 Å². The zero-order valence-electron chi connectivity index (χ0n) is 17.3. The molecule has 0 fully saturated rings. The average molecular weight is 445 g/mol. The number of aryl methyl sites for hydroxylation is 1. The highest BCUT2D eigenvalue weighted by molar-refractivity contribution is 7.85. The Labute approximate surface area is 181 Å². The summed E-state index contributed by atoms with van der Waals surface area (Å²) in [5.74, 6) is 0.996. The van der Waals surface area contributed by atoms with Gasteiger partial charge in [0.2, 0.25) is 0 Å². The molecule has 164 valence electrons. The van der Waals surface area contributed by atoms with Crippen LogP contribution in [-0.2, 0) is 10.1 Å². The summed E-state index contributed by atoms with van der Waals surface area (Å²) in [5, 5.41) is 10.1. The molecule has 0 bridgehead atoms. The van der Waals surface area contributed by atoms with E-state index in [1.54, 1.807) is 74.9 Å². The average Bonchev–Trinajstić information content (AvgIpc) is 2.78. The van der Waals surface area contributed by atoms with Crippen LogP contribution < -0.4 is 9.47 Å². The molecule has 0 aliphatic rings. The number of aliphatic hydroxyl groups is 1. The van der Waals surface area contributed by atoms with Gasteiger partial charge in [0.1, 0.15) is 17.6 Å². The number of ketones is 1. The Morgan fingerprint density at radius 1 is 0.806 bits per heavy atom. The van der Waals surface area contributed by atoms with Crippen LogP contribution in [0, 0.1) is 6.92 Å². The molecule has 0 heterocycles. The minimum absolute atomic E-state index is 0.0666. The Hall–Kier alpha value is -3.20. The number of methoxy groups -OCH3 is 2. The van der Waals surface area contributed by atoms with Crippen molar-refractivity contribution in [2.45, 2.75) is 17.9 Å². The quantitative estimate of drug-likeness (QED) is 0.439. The maximum absolute atomic E-state index is 12.2. The summed E-state index contributed by atoms with van der Waals surface area (Å²) in [6, 6.07) is 19.4. The Morgan fingerprint density at radius 2 is 1.26 bits per heavy atom. The van der Waals surface area contributed by atoms with E-state index in [9.17, 15) is 18.3 Å². The molecule has 31 heavy (non-hydrogen) atoms. The zero-order valence-corrected chi connectivity index (χ0v) is 18.2. The molecule has 0 radical (unpaired) electrons. The number of Topliss-reactive ketones (excluding diaryl/α,β-unsaturated/α-hetero) is 1. The van der Waals surface area contributed by atoms with Gasteiger partial charge < -0.3 is 14.6 Å². The van der Waals surface area contributed by atoms with E-state index >= 15 is 0 Å². The normalized spacial score (nSPS) is 11.6. The second-order valence-corrected chi connectivity index (χ2v) is 7.98. The number of carbonyl (C=O) groups is 1. The van der Waals surface area contributed by atoms with Crippen LogP contribution in [-0.4, -0.2) is 38.1 Å². The van der Waals surface area contributed by atoms with Gasteiger partial charge in [-0.25, -0.2) is 0 Å². The van der Waals surface area contributed by atoms with E-state index in [0.717, 1.165) is 5.56 Å². The fourth-order valence-electron chi connectivity index (χ4n) is 2.56. The molecule has 3 aromatic rings. The predicted molar refractivity (Wildman–Crippen MR) is 116 cm³/mol. The molecule has 0 amide bonds. The smallest absolute Gasteiger partial charge is 0.294 e. The molecular weight excluding hydrogens is 420 g/mol. The summed E-state index contributed by atoms with van der Waals surface area (Å²) >= 11 is 0. The van der Waals surface area contributed by atoms with Crippen molar-refractivity contribution in [2.75, 3.05) is 14.2 Å². The van der Waals surface area contributed by atoms with Crippen molar-refractivity contribution >= 4 is 15.9 Å². The maximum Gasteiger partial charge on any atom is 0.294 e. The molecule has 2 N–H and O–H groups in total. The van der Waals surface area contributed by atoms with E-state index in [4.69, 9.17) is 14.0 Å². The summed E-state index contributed by atoms with van der Waals surface area (Å²) in [6.07, 6.45) is -1.19. The summed E-state index contributed by atoms with van der Waals surface area (Å²) in [6.45, 7) is 1.84. The van der Waals surface area contributed by atoms with Crippen molar-refractivity contribution in [3.63, 3.8) is 0 Å². The lowest BCUT2D eigenvalue weighted by atomic mass is 10.00. The largest absolute Gasteiger partial charge is 0.497 e. The lowest BCUT2D eigenvalue weighted by molar-refractivity contribution is 0.0747. The number of carbonyl (C=O) groups excluding carboxylic acids is 1. The van der Waals surface area contributed by atoms with E-state index in [1.165, 1.54) is 12.1 Å². The van der Waals surface area contributed by atoms with Gasteiger partial charge >= 0.3 is 0 Å². The summed E-state index contributed by atoms with van der Waals surface area (Å²) in [7, 11) is -0.898. The number of hydrogen-bond acceptors (Lipinski definition) is 6. The fraction of sp³-hybridized carbons (Fsp3) is 0.174. The zero-order chi connectivity index (χ0) is 23.0. The van der Waals surface area contributed by atoms with E-state index < -0.39 is 16.2 Å². The van der Waals surface area contributed by atoms with Gasteiger partial charge in [0.15, 0.2) is 5.78 Å². The van der Waals surface area contributed by atoms with Crippen molar-refractivity contribution in [3.8, 4) is 11.5 Å². The first kappa shape index (κ1) is 24.1. The molecule has 0 aromatic heterocycles. The number of hydrogen-bond donors (Lipinski definition) is 2. The van der Waals surface area contributed by atoms with E-state index in [1.807, 2.05) is 6.92 Å². The Morgan fingerprint density at radius 3 is 1.68 bits per heavy atom. The van der Waals surface area contributed by atoms with E-state index in [0.29, 0.717) is 22.6 Å². The minimum atomic E-state index is -4.02. The predicted octanol–water partition coefficient (Wildman–Crippen LogP) is 3.86. The van der Waals surface area contributed by atoms with Crippen molar-refractivity contribution < 1.29 is 32.3 Å². The molecule has 1 unspecified atom stereocenters. The van der Waals surface area contributed by atoms with Crippen LogP contribution in [0.25, 0.3) is 0 Å². The lowest BCUT2D eigenvalue weighted by Gasteiger charge is -2.11. The highest BCUT2D eigenvalue weighted by Crippen LogP contribution is 2.22. The molecule has 0 aliphatic heterocycles. The van der Waals surface area contributed by atoms with Gasteiger partial charge in [-0.3, -0.25) is 9.35 Å². The van der Waals surface area contributed by atoms with E-state index in [-0.39, 0.29) is 10.7 Å². The third-order valence-electron chi connectivity index (χ3n) is 4.37. The van der Waals surface area contributed by atoms with Crippen molar-refractivity contribution in [1.82, 2.24) is 0 Å². The molecular formula is C23H24O7S. The molecule has 3 rings (SSSR count). The molecule has 7 nitrogen and oxygen atoms in total. The summed E-state index contributed by atoms with van der Waals surface area (Å²) in [5.41, 5.74) is 1.93. The van der Waals surface area contributed by atoms with Crippen LogP contribution in [0.2, 0.25) is 0 Å². The Balaban J connectivity index is 0.000000262. The SMILES string of the molecule is COc1ccc(C(=O)C(O)c2ccc(OC)cc2)cc1.Cc1ccc(S(=O)(=O)O)cc1. The first-order valence-electron chi connectivity index (χ1n) is 9.20. The number of ether oxygens (including phenoxy) is 2. The van der Waals surface area contributed by atoms with Gasteiger partial charge in [-0.1, -0.05) is 29.8 Å². The third-order valence-corrected chi connectivity index (χ3v) is 5.24. The van der Waals surface area contributed by atoms with Gasteiger partial charge in [-0.15, -0.1) is 0 Å². The van der Waals surface area contributed by atoms with Gasteiger partial charge in [0, 0.05) is 5.56 Å². The Kier molecular flexibility index (Phi) is 8.32. The molecule has 1 atom stereocenters. The number of aliphatic hydroxyl groups excluding tert-OH is 1. The Bertz CT molecular complexity index is 1090. The van der Waals surface area contributed by atoms with Crippen LogP contribution >= 0.6 is 0 Å². The van der Waals surface area contributed by atoms with Crippen molar-refractivity contribution in [2.24, 2.45) is 0 Å². The van der Waals surface area contributed by atoms with Crippen LogP contribution in [0.4, 0.5) is 0 Å². The van der Waals surface area contributed by atoms with Crippen molar-refractivity contribution in [1.29, 1.82) is 0 Å². The fourth-order valence-corrected chi connectivity index (χ4v) is 3.04. The summed E-state index contributed by atoms with van der Waals surface area (Å²) in [4.78, 5) is 12.1. The standard InChI is InChI=1S/C16H16O4.C7H8O3S/c1-19-13-7-3-11(4-8-13)15(17)16(18)12-5-9-14(20-2)10-6-12;1-6-2-4-7(5-3-6)11(8,9)10/h3-10,15,17H,1-2H3;2-5H,1H3,(H,8,9,10). The molecule has 0 saturated heterocycles. The third kappa shape index (κ3) is 6.92. The molecule has 0 saturated carbocycles. The van der Waals surface area contributed by atoms with Crippen LogP contribution in [0.1, 0.15) is 27.6 Å². The molecule has 3 aromatic carbocycles. The monoisotopic (exact) mass is 444 g/mol. The van der Waals surface area contributed by atoms with Crippen LogP contribution in [0.5, 0.6) is 11.5 Å². The highest BCUT2D eigenvalue weighted by Gasteiger charge is 2.19. The molecule has 8 heteroatoms. The highest BCUT2D eigenvalue weighted by atomic mass is 32.2. The van der Waals surface area contributed by atoms with Crippen LogP contribution in [0.3, 0.4) is 0 Å². The topological polar surface area (TPSA) is 110 Å². The number of rotatable bonds is 6. The molecule has 0 aliphatic carbocycles. The first-order valence-corrected chi connectivity index (χ1v) is 10.6. The first-order chi connectivity index (χ1) is 14.7. The second-order valence-electron chi connectivity index (χ2n) is 6.56. The van der Waals surface area contributed by atoms with Crippen molar-refractivity contribution in [3.05, 3.63) is 89.5 Å². The van der Waals surface area contributed by atoms with Gasteiger partial charge in [0.25, 0.3) is 10.1 Å². The lowest BCUT2D eigenvalue weighted by Crippen LogP contribution is -2.12. The number of benzene rings is 3. The second kappa shape index (κ2) is 10.7. The minimum Gasteiger partial charge on any atom is -0.497 e. The maximum atomic E-state index is 12.2. The van der Waals surface area contributed by atoms with Gasteiger partial charge in [0.05, 0.1) is 19.1 Å². The van der Waals surface area contributed by atoms with Gasteiger partial charge in [-0.2, -0.15) is 8.42 Å². The summed E-state index contributed by atoms with van der Waals surface area (Å²) < 4.78 is 39.6. The van der Waals surface area contributed by atoms with Gasteiger partial charge in [-0.05, 0) is 61.0 Å².